The highest BCUT2D eigenvalue weighted by Gasteiger charge is 2.37. The summed E-state index contributed by atoms with van der Waals surface area (Å²) >= 11 is 8.04. The zero-order valence-corrected chi connectivity index (χ0v) is 21.0. The topological polar surface area (TPSA) is 96.6 Å². The van der Waals surface area contributed by atoms with Crippen molar-refractivity contribution in [3.8, 4) is 17.2 Å². The van der Waals surface area contributed by atoms with Crippen LogP contribution >= 0.6 is 23.4 Å². The fraction of sp³-hybridized carbons (Fsp3) is 0.154. The van der Waals surface area contributed by atoms with Gasteiger partial charge in [0.1, 0.15) is 39.2 Å². The molecule has 1 fully saturated rings. The number of para-hydroxylation sites is 1. The van der Waals surface area contributed by atoms with Crippen molar-refractivity contribution in [1.29, 1.82) is 0 Å². The Morgan fingerprint density at radius 2 is 1.83 bits per heavy atom. The molecule has 1 aliphatic heterocycles. The van der Waals surface area contributed by atoms with Crippen LogP contribution < -0.4 is 14.4 Å². The van der Waals surface area contributed by atoms with Crippen molar-refractivity contribution in [3.05, 3.63) is 77.4 Å². The molecule has 1 N–H and O–H groups in total. The monoisotopic (exact) mass is 520 g/mol. The van der Waals surface area contributed by atoms with Crippen molar-refractivity contribution >= 4 is 57.2 Å². The van der Waals surface area contributed by atoms with E-state index in [1.165, 1.54) is 23.9 Å². The van der Waals surface area contributed by atoms with Crippen LogP contribution in [-0.2, 0) is 4.79 Å². The molecule has 0 aliphatic carbocycles. The van der Waals surface area contributed by atoms with E-state index in [-0.39, 0.29) is 22.6 Å². The van der Waals surface area contributed by atoms with Gasteiger partial charge in [-0.2, -0.15) is 0 Å². The van der Waals surface area contributed by atoms with Gasteiger partial charge in [0.15, 0.2) is 0 Å². The predicted molar refractivity (Wildman–Crippen MR) is 141 cm³/mol. The van der Waals surface area contributed by atoms with Gasteiger partial charge in [0.2, 0.25) is 5.91 Å². The first-order chi connectivity index (χ1) is 17.5. The van der Waals surface area contributed by atoms with E-state index in [0.29, 0.717) is 39.6 Å². The number of ether oxygens (including phenoxy) is 2. The van der Waals surface area contributed by atoms with Gasteiger partial charge in [-0.3, -0.25) is 9.69 Å². The van der Waals surface area contributed by atoms with E-state index in [2.05, 4.69) is 15.2 Å². The maximum absolute atomic E-state index is 13.1. The number of halogens is 1. The Morgan fingerprint density at radius 1 is 1.03 bits per heavy atom. The van der Waals surface area contributed by atoms with Crippen LogP contribution in [0.3, 0.4) is 0 Å². The normalized spacial score (nSPS) is 15.7. The Labute approximate surface area is 216 Å². The number of benzene rings is 3. The molecule has 8 nitrogen and oxygen atoms in total. The van der Waals surface area contributed by atoms with Crippen LogP contribution in [0.25, 0.3) is 10.9 Å². The van der Waals surface area contributed by atoms with Crippen LogP contribution in [0.15, 0.2) is 77.0 Å². The number of thioether (sulfide) groups is 1. The summed E-state index contributed by atoms with van der Waals surface area (Å²) in [5, 5.41) is 19.7. The minimum atomic E-state index is -0.467. The molecule has 0 saturated carbocycles. The highest BCUT2D eigenvalue weighted by Crippen LogP contribution is 2.48. The van der Waals surface area contributed by atoms with Crippen LogP contribution in [0.5, 0.6) is 17.2 Å². The summed E-state index contributed by atoms with van der Waals surface area (Å²) in [7, 11) is 3.15. The molecule has 36 heavy (non-hydrogen) atoms. The molecule has 0 bridgehead atoms. The largest absolute Gasteiger partial charge is 0.508 e. The van der Waals surface area contributed by atoms with Crippen molar-refractivity contribution in [3.63, 3.8) is 0 Å². The Bertz CT molecular complexity index is 1500. The quantitative estimate of drug-likeness (QED) is 0.222. The number of hydrogen-bond donors (Lipinski definition) is 1. The second kappa shape index (κ2) is 10.0. The zero-order valence-electron chi connectivity index (χ0n) is 19.4. The number of hydrogen-bond acceptors (Lipinski definition) is 8. The number of azo groups is 1. The van der Waals surface area contributed by atoms with E-state index in [0.717, 1.165) is 5.39 Å². The van der Waals surface area contributed by atoms with E-state index in [9.17, 15) is 9.90 Å². The molecule has 182 valence electrons. The number of amides is 1. The number of nitrogens with zero attached hydrogens (tertiary/aromatic N) is 4. The van der Waals surface area contributed by atoms with Gasteiger partial charge in [-0.05, 0) is 42.5 Å². The van der Waals surface area contributed by atoms with Gasteiger partial charge in [-0.15, -0.1) is 22.0 Å². The molecule has 10 heteroatoms. The summed E-state index contributed by atoms with van der Waals surface area (Å²) in [6, 6.07) is 19.3. The molecule has 1 aliphatic rings. The van der Waals surface area contributed by atoms with Gasteiger partial charge in [0.05, 0.1) is 31.2 Å². The third-order valence-corrected chi connectivity index (χ3v) is 7.21. The third-order valence-electron chi connectivity index (χ3n) is 5.71. The second-order valence-electron chi connectivity index (χ2n) is 7.90. The van der Waals surface area contributed by atoms with Gasteiger partial charge in [-0.1, -0.05) is 23.7 Å². The fourth-order valence-electron chi connectivity index (χ4n) is 3.96. The number of phenolic OH excluding ortho intramolecular Hbond substituents is 1. The molecule has 0 spiro atoms. The van der Waals surface area contributed by atoms with Gasteiger partial charge >= 0.3 is 0 Å². The van der Waals surface area contributed by atoms with E-state index in [4.69, 9.17) is 21.1 Å². The molecule has 3 aromatic carbocycles. The lowest BCUT2D eigenvalue weighted by molar-refractivity contribution is -0.115. The van der Waals surface area contributed by atoms with Crippen LogP contribution in [0, 0.1) is 0 Å². The predicted octanol–water partition coefficient (Wildman–Crippen LogP) is 6.81. The minimum absolute atomic E-state index is 0.000444. The number of carbonyl (C=O) groups excluding carboxylic acids is 1. The number of rotatable bonds is 6. The lowest BCUT2D eigenvalue weighted by Crippen LogP contribution is -2.28. The fourth-order valence-corrected chi connectivity index (χ4v) is 5.46. The van der Waals surface area contributed by atoms with E-state index >= 15 is 0 Å². The van der Waals surface area contributed by atoms with Gasteiger partial charge < -0.3 is 14.6 Å². The van der Waals surface area contributed by atoms with E-state index in [1.807, 2.05) is 30.3 Å². The van der Waals surface area contributed by atoms with Crippen molar-refractivity contribution in [2.24, 2.45) is 10.2 Å². The minimum Gasteiger partial charge on any atom is -0.508 e. The Balaban J connectivity index is 1.57. The molecule has 1 aromatic heterocycles. The highest BCUT2D eigenvalue weighted by atomic mass is 35.5. The first kappa shape index (κ1) is 23.9. The number of phenols is 1. The molecule has 5 rings (SSSR count). The van der Waals surface area contributed by atoms with Crippen molar-refractivity contribution in [2.75, 3.05) is 24.9 Å². The lowest BCUT2D eigenvalue weighted by atomic mass is 10.1. The molecule has 1 atom stereocenters. The first-order valence-electron chi connectivity index (χ1n) is 10.9. The van der Waals surface area contributed by atoms with Crippen LogP contribution in [0.1, 0.15) is 10.9 Å². The number of carbonyl (C=O) groups is 1. The SMILES string of the molecule is COc1ccc2cc(C3SCC(=O)N3c3cc(O)ccc3N=Nc3ccccc3OC)c(Cl)nc2c1. The average molecular weight is 521 g/mol. The number of anilines is 1. The number of methoxy groups -OCH3 is 2. The van der Waals surface area contributed by atoms with Gasteiger partial charge in [0, 0.05) is 23.1 Å². The van der Waals surface area contributed by atoms with E-state index < -0.39 is 5.37 Å². The molecule has 1 amide bonds. The summed E-state index contributed by atoms with van der Waals surface area (Å²) in [4.78, 5) is 19.2. The number of pyridine rings is 1. The Kier molecular flexibility index (Phi) is 6.67. The lowest BCUT2D eigenvalue weighted by Gasteiger charge is -2.26. The average Bonchev–Trinajstić information content (AvgIpc) is 3.28. The summed E-state index contributed by atoms with van der Waals surface area (Å²) in [5.74, 6) is 1.34. The van der Waals surface area contributed by atoms with Crippen LogP contribution in [-0.4, -0.2) is 36.0 Å². The summed E-state index contributed by atoms with van der Waals surface area (Å²) in [6.45, 7) is 0. The molecule has 2 heterocycles. The summed E-state index contributed by atoms with van der Waals surface area (Å²) in [6.07, 6.45) is 0. The number of aromatic hydroxyl groups is 1. The summed E-state index contributed by atoms with van der Waals surface area (Å²) in [5.41, 5.74) is 2.73. The highest BCUT2D eigenvalue weighted by molar-refractivity contribution is 8.00. The maximum Gasteiger partial charge on any atom is 0.238 e. The Hall–Kier alpha value is -3.82. The number of fused-ring (bicyclic) bond motifs is 1. The molecule has 1 unspecified atom stereocenters. The standard InChI is InChI=1S/C26H21ClN4O4S/c1-34-17-9-7-15-11-18(25(27)28-21(15)13-17)26-31(24(33)14-36-26)22-12-16(32)8-10-19(22)29-30-20-5-3-4-6-23(20)35-2/h3-13,26,32H,14H2,1-2H3. The molecular weight excluding hydrogens is 500 g/mol. The Morgan fingerprint density at radius 3 is 2.64 bits per heavy atom. The molecular formula is C26H21ClN4O4S. The third kappa shape index (κ3) is 4.55. The first-order valence-corrected chi connectivity index (χ1v) is 12.4. The number of aromatic nitrogens is 1. The molecule has 1 saturated heterocycles. The van der Waals surface area contributed by atoms with E-state index in [1.54, 1.807) is 43.4 Å². The second-order valence-corrected chi connectivity index (χ2v) is 9.33. The zero-order chi connectivity index (χ0) is 25.2. The van der Waals surface area contributed by atoms with Crippen molar-refractivity contribution in [2.45, 2.75) is 5.37 Å². The van der Waals surface area contributed by atoms with Gasteiger partial charge in [-0.25, -0.2) is 4.98 Å². The molecule has 4 aromatic rings. The smallest absolute Gasteiger partial charge is 0.238 e. The van der Waals surface area contributed by atoms with Gasteiger partial charge in [0.25, 0.3) is 0 Å². The maximum atomic E-state index is 13.1. The van der Waals surface area contributed by atoms with Crippen molar-refractivity contribution < 1.29 is 19.4 Å². The van der Waals surface area contributed by atoms with Crippen molar-refractivity contribution in [1.82, 2.24) is 4.98 Å². The van der Waals surface area contributed by atoms with Crippen LogP contribution in [0.4, 0.5) is 17.1 Å². The molecule has 0 radical (unpaired) electrons. The summed E-state index contributed by atoms with van der Waals surface area (Å²) < 4.78 is 10.6. The van der Waals surface area contributed by atoms with Crippen LogP contribution in [0.2, 0.25) is 5.15 Å².